The molecule has 96 valence electrons. The van der Waals surface area contributed by atoms with Crippen LogP contribution in [0.4, 0.5) is 0 Å². The maximum absolute atomic E-state index is 12.3. The summed E-state index contributed by atoms with van der Waals surface area (Å²) < 4.78 is 27.5. The minimum absolute atomic E-state index is 0.293. The maximum atomic E-state index is 12.3. The molecule has 17 heavy (non-hydrogen) atoms. The standard InChI is InChI=1S/C10H15BrN2O2S2/c11-9-3-4-10(16-9)17(14,15)13-5-1-2-8(6-12)7-13/h3-4,8H,1-2,5-7,12H2/t8-/m0/s1. The van der Waals surface area contributed by atoms with Gasteiger partial charge in [-0.25, -0.2) is 8.42 Å². The topological polar surface area (TPSA) is 63.4 Å². The van der Waals surface area contributed by atoms with E-state index in [1.54, 1.807) is 16.4 Å². The lowest BCUT2D eigenvalue weighted by Crippen LogP contribution is -2.41. The molecule has 0 aromatic carbocycles. The van der Waals surface area contributed by atoms with Crippen LogP contribution in [0.15, 0.2) is 20.1 Å². The molecule has 0 saturated carbocycles. The Kier molecular flexibility index (Phi) is 4.25. The van der Waals surface area contributed by atoms with Gasteiger partial charge in [0.15, 0.2) is 0 Å². The van der Waals surface area contributed by atoms with Gasteiger partial charge in [0, 0.05) is 13.1 Å². The van der Waals surface area contributed by atoms with Gasteiger partial charge in [-0.15, -0.1) is 11.3 Å². The monoisotopic (exact) mass is 338 g/mol. The Hall–Kier alpha value is 0.0500. The summed E-state index contributed by atoms with van der Waals surface area (Å²) in [7, 11) is -3.32. The zero-order chi connectivity index (χ0) is 12.5. The molecule has 1 aromatic rings. The Labute approximate surface area is 114 Å². The molecule has 0 amide bonds. The quantitative estimate of drug-likeness (QED) is 0.914. The van der Waals surface area contributed by atoms with Crippen LogP contribution in [0.3, 0.4) is 0 Å². The van der Waals surface area contributed by atoms with E-state index >= 15 is 0 Å². The van der Waals surface area contributed by atoms with E-state index in [0.29, 0.717) is 29.8 Å². The third kappa shape index (κ3) is 2.90. The summed E-state index contributed by atoms with van der Waals surface area (Å²) in [5.41, 5.74) is 5.63. The third-order valence-electron chi connectivity index (χ3n) is 2.96. The highest BCUT2D eigenvalue weighted by Gasteiger charge is 2.30. The molecular formula is C10H15BrN2O2S2. The van der Waals surface area contributed by atoms with Crippen LogP contribution in [-0.4, -0.2) is 32.4 Å². The molecule has 1 fully saturated rings. The first-order chi connectivity index (χ1) is 8.04. The number of thiophene rings is 1. The van der Waals surface area contributed by atoms with Gasteiger partial charge in [0.05, 0.1) is 3.79 Å². The van der Waals surface area contributed by atoms with E-state index in [2.05, 4.69) is 15.9 Å². The highest BCUT2D eigenvalue weighted by Crippen LogP contribution is 2.30. The van der Waals surface area contributed by atoms with Crippen molar-refractivity contribution in [2.75, 3.05) is 19.6 Å². The number of hydrogen-bond donors (Lipinski definition) is 1. The zero-order valence-electron chi connectivity index (χ0n) is 9.30. The van der Waals surface area contributed by atoms with E-state index in [-0.39, 0.29) is 0 Å². The molecule has 0 unspecified atom stereocenters. The van der Waals surface area contributed by atoms with E-state index in [9.17, 15) is 8.42 Å². The maximum Gasteiger partial charge on any atom is 0.252 e. The van der Waals surface area contributed by atoms with Gasteiger partial charge in [-0.2, -0.15) is 4.31 Å². The van der Waals surface area contributed by atoms with Crippen molar-refractivity contribution in [3.05, 3.63) is 15.9 Å². The Morgan fingerprint density at radius 3 is 2.88 bits per heavy atom. The molecule has 1 saturated heterocycles. The van der Waals surface area contributed by atoms with Crippen LogP contribution < -0.4 is 5.73 Å². The molecule has 1 aromatic heterocycles. The molecule has 0 aliphatic carbocycles. The summed E-state index contributed by atoms with van der Waals surface area (Å²) in [6.45, 7) is 1.71. The van der Waals surface area contributed by atoms with Crippen molar-refractivity contribution >= 4 is 37.3 Å². The predicted octanol–water partition coefficient (Wildman–Crippen LogP) is 1.87. The summed E-state index contributed by atoms with van der Waals surface area (Å²) >= 11 is 4.54. The van der Waals surface area contributed by atoms with Crippen LogP contribution in [0, 0.1) is 5.92 Å². The van der Waals surface area contributed by atoms with Crippen molar-refractivity contribution in [2.24, 2.45) is 11.7 Å². The van der Waals surface area contributed by atoms with E-state index in [1.807, 2.05) is 0 Å². The molecule has 0 radical (unpaired) electrons. The molecule has 2 heterocycles. The van der Waals surface area contributed by atoms with Gasteiger partial charge in [0.1, 0.15) is 4.21 Å². The molecule has 0 bridgehead atoms. The predicted molar refractivity (Wildman–Crippen MR) is 72.6 cm³/mol. The number of nitrogens with zero attached hydrogens (tertiary/aromatic N) is 1. The minimum Gasteiger partial charge on any atom is -0.330 e. The molecule has 0 spiro atoms. The number of sulfonamides is 1. The third-order valence-corrected chi connectivity index (χ3v) is 6.91. The van der Waals surface area contributed by atoms with Crippen molar-refractivity contribution in [1.29, 1.82) is 0 Å². The van der Waals surface area contributed by atoms with Crippen LogP contribution in [0.1, 0.15) is 12.8 Å². The first-order valence-electron chi connectivity index (χ1n) is 5.49. The van der Waals surface area contributed by atoms with Gasteiger partial charge < -0.3 is 5.73 Å². The van der Waals surface area contributed by atoms with Crippen LogP contribution >= 0.6 is 27.3 Å². The van der Waals surface area contributed by atoms with Crippen molar-refractivity contribution < 1.29 is 8.42 Å². The lowest BCUT2D eigenvalue weighted by Gasteiger charge is -2.30. The van der Waals surface area contributed by atoms with Gasteiger partial charge in [0.25, 0.3) is 10.0 Å². The summed E-state index contributed by atoms with van der Waals surface area (Å²) in [6.07, 6.45) is 1.92. The normalized spacial score (nSPS) is 22.8. The van der Waals surface area contributed by atoms with Crippen molar-refractivity contribution in [3.8, 4) is 0 Å². The van der Waals surface area contributed by atoms with E-state index in [4.69, 9.17) is 5.73 Å². The van der Waals surface area contributed by atoms with Crippen LogP contribution in [-0.2, 0) is 10.0 Å². The largest absolute Gasteiger partial charge is 0.330 e. The average molecular weight is 339 g/mol. The summed E-state index contributed by atoms with van der Waals surface area (Å²) in [5, 5.41) is 0. The van der Waals surface area contributed by atoms with E-state index < -0.39 is 10.0 Å². The molecule has 4 nitrogen and oxygen atoms in total. The Morgan fingerprint density at radius 1 is 1.53 bits per heavy atom. The fraction of sp³-hybridized carbons (Fsp3) is 0.600. The zero-order valence-corrected chi connectivity index (χ0v) is 12.5. The molecular weight excluding hydrogens is 324 g/mol. The Morgan fingerprint density at radius 2 is 2.29 bits per heavy atom. The Bertz CT molecular complexity index is 486. The van der Waals surface area contributed by atoms with Crippen molar-refractivity contribution in [2.45, 2.75) is 17.1 Å². The minimum atomic E-state index is -3.32. The number of hydrogen-bond acceptors (Lipinski definition) is 4. The van der Waals surface area contributed by atoms with Gasteiger partial charge >= 0.3 is 0 Å². The fourth-order valence-corrected chi connectivity index (χ4v) is 5.72. The summed E-state index contributed by atoms with van der Waals surface area (Å²) in [4.78, 5) is 0. The molecule has 2 N–H and O–H groups in total. The second-order valence-corrected chi connectivity index (χ2v) is 8.79. The first kappa shape index (κ1) is 13.5. The van der Waals surface area contributed by atoms with Gasteiger partial charge in [-0.3, -0.25) is 0 Å². The number of rotatable bonds is 3. The highest BCUT2D eigenvalue weighted by atomic mass is 79.9. The van der Waals surface area contributed by atoms with Gasteiger partial charge in [0.2, 0.25) is 0 Å². The lowest BCUT2D eigenvalue weighted by atomic mass is 10.0. The van der Waals surface area contributed by atoms with Crippen molar-refractivity contribution in [1.82, 2.24) is 4.31 Å². The molecule has 1 aliphatic heterocycles. The molecule has 1 aliphatic rings. The van der Waals surface area contributed by atoms with E-state index in [0.717, 1.165) is 16.6 Å². The summed E-state index contributed by atoms with van der Waals surface area (Å²) in [5.74, 6) is 0.293. The van der Waals surface area contributed by atoms with Crippen LogP contribution in [0.25, 0.3) is 0 Å². The Balaban J connectivity index is 2.21. The fourth-order valence-electron chi connectivity index (χ4n) is 2.00. The van der Waals surface area contributed by atoms with Gasteiger partial charge in [-0.1, -0.05) is 0 Å². The van der Waals surface area contributed by atoms with Crippen LogP contribution in [0.5, 0.6) is 0 Å². The van der Waals surface area contributed by atoms with Gasteiger partial charge in [-0.05, 0) is 53.4 Å². The number of nitrogens with two attached hydrogens (primary N) is 1. The van der Waals surface area contributed by atoms with Crippen LogP contribution in [0.2, 0.25) is 0 Å². The molecule has 2 rings (SSSR count). The SMILES string of the molecule is NC[C@@H]1CCCN(S(=O)(=O)c2ccc(Br)s2)C1. The van der Waals surface area contributed by atoms with E-state index in [1.165, 1.54) is 11.3 Å². The van der Waals surface area contributed by atoms with Crippen molar-refractivity contribution in [3.63, 3.8) is 0 Å². The smallest absolute Gasteiger partial charge is 0.252 e. The number of piperidine rings is 1. The summed E-state index contributed by atoms with van der Waals surface area (Å²) in [6, 6.07) is 3.41. The highest BCUT2D eigenvalue weighted by molar-refractivity contribution is 9.11. The first-order valence-corrected chi connectivity index (χ1v) is 8.54. The second kappa shape index (κ2) is 5.36. The second-order valence-electron chi connectivity index (χ2n) is 4.17. The lowest BCUT2D eigenvalue weighted by molar-refractivity contribution is 0.272. The molecule has 7 heteroatoms. The molecule has 1 atom stereocenters. The average Bonchev–Trinajstić information content (AvgIpc) is 2.76. The number of halogens is 1.